The molecule has 0 aliphatic carbocycles. The number of thioether (sulfide) groups is 1. The molecule has 10 nitrogen and oxygen atoms in total. The molecule has 2 fully saturated rings. The maximum Gasteiger partial charge on any atom is 0.407 e. The Morgan fingerprint density at radius 3 is 2.11 bits per heavy atom. The van der Waals surface area contributed by atoms with Gasteiger partial charge in [-0.1, -0.05) is 12.8 Å². The fourth-order valence-electron chi connectivity index (χ4n) is 4.78. The molecule has 37 heavy (non-hydrogen) atoms. The van der Waals surface area contributed by atoms with E-state index in [0.717, 1.165) is 63.5 Å². The normalized spacial score (nSPS) is 20.6. The number of urea groups is 1. The maximum absolute atomic E-state index is 12.0. The number of carbonyl (C=O) groups is 4. The van der Waals surface area contributed by atoms with Crippen molar-refractivity contribution >= 4 is 35.7 Å². The number of hydrogen-bond acceptors (Lipinski definition) is 5. The van der Waals surface area contributed by atoms with Gasteiger partial charge >= 0.3 is 12.1 Å². The Labute approximate surface area is 225 Å². The molecule has 0 spiro atoms. The summed E-state index contributed by atoms with van der Waals surface area (Å²) in [5.41, 5.74) is -0.406. The molecule has 0 unspecified atom stereocenters. The van der Waals surface area contributed by atoms with Crippen LogP contribution >= 0.6 is 11.8 Å². The molecule has 0 aromatic carbocycles. The Bertz CT molecular complexity index is 760. The van der Waals surface area contributed by atoms with Crippen LogP contribution in [-0.2, 0) is 9.59 Å². The molecule has 0 bridgehead atoms. The van der Waals surface area contributed by atoms with E-state index in [1.165, 1.54) is 4.90 Å². The molecule has 0 aromatic heterocycles. The van der Waals surface area contributed by atoms with Gasteiger partial charge in [0.15, 0.2) is 0 Å². The minimum atomic E-state index is -0.896. The van der Waals surface area contributed by atoms with Crippen LogP contribution in [0, 0.1) is 0 Å². The Kier molecular flexibility index (Phi) is 13.4. The van der Waals surface area contributed by atoms with Crippen LogP contribution in [0.3, 0.4) is 0 Å². The molecule has 2 rings (SSSR count). The third kappa shape index (κ3) is 11.8. The summed E-state index contributed by atoms with van der Waals surface area (Å²) in [4.78, 5) is 48.2. The van der Waals surface area contributed by atoms with Gasteiger partial charge in [0.1, 0.15) is 0 Å². The topological polar surface area (TPSA) is 140 Å². The van der Waals surface area contributed by atoms with Gasteiger partial charge in [-0.15, -0.1) is 0 Å². The molecule has 0 aromatic rings. The zero-order chi connectivity index (χ0) is 27.3. The van der Waals surface area contributed by atoms with Crippen molar-refractivity contribution in [1.29, 1.82) is 0 Å². The molecule has 0 saturated carbocycles. The fraction of sp³-hybridized carbons (Fsp3) is 0.846. The van der Waals surface area contributed by atoms with E-state index in [9.17, 15) is 24.3 Å². The molecular weight excluding hydrogens is 494 g/mol. The molecule has 2 aliphatic rings. The fourth-order valence-corrected chi connectivity index (χ4v) is 6.33. The first kappa shape index (κ1) is 31.1. The number of nitrogens with one attached hydrogen (secondary N) is 4. The summed E-state index contributed by atoms with van der Waals surface area (Å²) in [7, 11) is 0. The largest absolute Gasteiger partial charge is 0.465 e. The molecule has 0 radical (unpaired) electrons. The number of unbranched alkanes of at least 4 members (excludes halogenated alkanes) is 5. The van der Waals surface area contributed by atoms with E-state index in [2.05, 4.69) is 21.3 Å². The average Bonchev–Trinajstić information content (AvgIpc) is 3.36. The monoisotopic (exact) mass is 541 g/mol. The lowest BCUT2D eigenvalue weighted by atomic mass is 10.0. The lowest BCUT2D eigenvalue weighted by Gasteiger charge is -2.33. The van der Waals surface area contributed by atoms with Crippen LogP contribution in [0.15, 0.2) is 0 Å². The molecule has 212 valence electrons. The highest BCUT2D eigenvalue weighted by Crippen LogP contribution is 2.33. The van der Waals surface area contributed by atoms with Crippen molar-refractivity contribution in [2.24, 2.45) is 0 Å². The molecule has 2 aliphatic heterocycles. The number of rotatable bonds is 17. The summed E-state index contributed by atoms with van der Waals surface area (Å²) in [5.74, 6) is 1.09. The van der Waals surface area contributed by atoms with Gasteiger partial charge in [0.2, 0.25) is 11.8 Å². The summed E-state index contributed by atoms with van der Waals surface area (Å²) >= 11 is 1.90. The van der Waals surface area contributed by atoms with Gasteiger partial charge in [-0.3, -0.25) is 9.59 Å². The van der Waals surface area contributed by atoms with Gasteiger partial charge in [-0.2, -0.15) is 11.8 Å². The second-order valence-corrected chi connectivity index (χ2v) is 12.3. The van der Waals surface area contributed by atoms with Crippen LogP contribution < -0.4 is 21.3 Å². The third-order valence-corrected chi connectivity index (χ3v) is 8.41. The van der Waals surface area contributed by atoms with E-state index >= 15 is 0 Å². The number of fused-ring (bicyclic) bond motifs is 1. The minimum absolute atomic E-state index is 0.0468. The quantitative estimate of drug-likeness (QED) is 0.141. The van der Waals surface area contributed by atoms with Crippen LogP contribution in [-0.4, -0.2) is 82.2 Å². The Morgan fingerprint density at radius 1 is 0.919 bits per heavy atom. The van der Waals surface area contributed by atoms with E-state index in [1.54, 1.807) is 0 Å². The summed E-state index contributed by atoms with van der Waals surface area (Å²) < 4.78 is 0. The molecule has 2 saturated heterocycles. The van der Waals surface area contributed by atoms with Crippen LogP contribution in [0.1, 0.15) is 91.4 Å². The van der Waals surface area contributed by atoms with Gasteiger partial charge in [-0.05, 0) is 65.7 Å². The average molecular weight is 542 g/mol. The number of carbonyl (C=O) groups excluding carboxylic acids is 3. The van der Waals surface area contributed by atoms with Gasteiger partial charge in [0, 0.05) is 49.0 Å². The maximum atomic E-state index is 12.0. The smallest absolute Gasteiger partial charge is 0.407 e. The summed E-state index contributed by atoms with van der Waals surface area (Å²) in [6.45, 7) is 7.42. The summed E-state index contributed by atoms with van der Waals surface area (Å²) in [5, 5.41) is 21.6. The lowest BCUT2D eigenvalue weighted by Crippen LogP contribution is -2.45. The Hall–Kier alpha value is -2.17. The highest BCUT2D eigenvalue weighted by Gasteiger charge is 2.42. The molecular formula is C26H47N5O5S. The van der Waals surface area contributed by atoms with E-state index in [4.69, 9.17) is 0 Å². The van der Waals surface area contributed by atoms with Crippen LogP contribution in [0.2, 0.25) is 0 Å². The van der Waals surface area contributed by atoms with Crippen LogP contribution in [0.4, 0.5) is 9.59 Å². The lowest BCUT2D eigenvalue weighted by molar-refractivity contribution is -0.122. The number of nitrogens with zero attached hydrogens (tertiary/aromatic N) is 1. The first-order valence-electron chi connectivity index (χ1n) is 13.8. The van der Waals surface area contributed by atoms with Gasteiger partial charge < -0.3 is 31.3 Å². The predicted octanol–water partition coefficient (Wildman–Crippen LogP) is 3.45. The summed E-state index contributed by atoms with van der Waals surface area (Å²) in [6, 6.07) is 0.415. The SMILES string of the molecule is CC(C)(C)N(CCCCCNC(=O)CCCCCNC(=O)CCCC[C@@H]1SC[C@@H]2NC(=O)N[C@@H]21)C(=O)O. The number of hydrogen-bond donors (Lipinski definition) is 5. The van der Waals surface area contributed by atoms with Crippen LogP contribution in [0.5, 0.6) is 0 Å². The van der Waals surface area contributed by atoms with Gasteiger partial charge in [-0.25, -0.2) is 9.59 Å². The van der Waals surface area contributed by atoms with Crippen molar-refractivity contribution in [3.05, 3.63) is 0 Å². The van der Waals surface area contributed by atoms with E-state index in [1.807, 2.05) is 32.5 Å². The zero-order valence-corrected chi connectivity index (χ0v) is 23.6. The van der Waals surface area contributed by atoms with Crippen molar-refractivity contribution in [3.63, 3.8) is 0 Å². The Morgan fingerprint density at radius 2 is 1.51 bits per heavy atom. The standard InChI is InChI=1S/C26H47N5O5S/c1-26(2,3)31(25(35)36)17-11-5-10-16-28-21(32)13-6-4-9-15-27-22(33)14-8-7-12-20-23-19(18-37-20)29-24(34)30-23/h19-20,23H,4-18H2,1-3H3,(H,27,33)(H,28,32)(H,35,36)(H2,29,30,34)/t19-,20-,23-/m0/s1. The molecule has 2 heterocycles. The van der Waals surface area contributed by atoms with Crippen molar-refractivity contribution in [1.82, 2.24) is 26.2 Å². The van der Waals surface area contributed by atoms with E-state index in [0.29, 0.717) is 37.7 Å². The highest BCUT2D eigenvalue weighted by atomic mass is 32.2. The van der Waals surface area contributed by atoms with Crippen molar-refractivity contribution < 1.29 is 24.3 Å². The van der Waals surface area contributed by atoms with E-state index in [-0.39, 0.29) is 29.9 Å². The van der Waals surface area contributed by atoms with Gasteiger partial charge in [0.25, 0.3) is 0 Å². The minimum Gasteiger partial charge on any atom is -0.465 e. The first-order valence-corrected chi connectivity index (χ1v) is 14.9. The molecule has 5 N–H and O–H groups in total. The highest BCUT2D eigenvalue weighted by molar-refractivity contribution is 8.00. The molecule has 11 heteroatoms. The summed E-state index contributed by atoms with van der Waals surface area (Å²) in [6.07, 6.45) is 8.03. The third-order valence-electron chi connectivity index (χ3n) is 6.90. The second kappa shape index (κ2) is 15.9. The molecule has 5 amide bonds. The first-order chi connectivity index (χ1) is 17.6. The zero-order valence-electron chi connectivity index (χ0n) is 22.8. The van der Waals surface area contributed by atoms with Crippen molar-refractivity contribution in [2.75, 3.05) is 25.4 Å². The second-order valence-electron chi connectivity index (χ2n) is 11.0. The Balaban J connectivity index is 1.37. The van der Waals surface area contributed by atoms with Crippen molar-refractivity contribution in [3.8, 4) is 0 Å². The number of carboxylic acid groups (broad SMARTS) is 1. The number of amides is 5. The van der Waals surface area contributed by atoms with Crippen LogP contribution in [0.25, 0.3) is 0 Å². The van der Waals surface area contributed by atoms with E-state index < -0.39 is 11.6 Å². The van der Waals surface area contributed by atoms with Crippen molar-refractivity contribution in [2.45, 2.75) is 114 Å². The van der Waals surface area contributed by atoms with Gasteiger partial charge in [0.05, 0.1) is 12.1 Å². The molecule has 3 atom stereocenters. The predicted molar refractivity (Wildman–Crippen MR) is 147 cm³/mol.